The zero-order valence-corrected chi connectivity index (χ0v) is 17.1. The molecule has 2 heterocycles. The molecule has 4 rings (SSSR count). The van der Waals surface area contributed by atoms with Gasteiger partial charge in [-0.05, 0) is 50.5 Å². The van der Waals surface area contributed by atoms with Gasteiger partial charge in [-0.3, -0.25) is 0 Å². The van der Waals surface area contributed by atoms with Crippen molar-refractivity contribution in [2.75, 3.05) is 5.32 Å². The van der Waals surface area contributed by atoms with Crippen LogP contribution < -0.4 is 5.32 Å². The van der Waals surface area contributed by atoms with E-state index in [1.165, 1.54) is 0 Å². The second-order valence-electron chi connectivity index (χ2n) is 7.56. The summed E-state index contributed by atoms with van der Waals surface area (Å²) in [5.41, 5.74) is 6.79. The highest BCUT2D eigenvalue weighted by Gasteiger charge is 2.26. The zero-order chi connectivity index (χ0) is 21.3. The normalized spacial score (nSPS) is 13.7. The summed E-state index contributed by atoms with van der Waals surface area (Å²) < 4.78 is 1.69. The summed E-state index contributed by atoms with van der Waals surface area (Å²) in [5.74, 6) is 1.19. The number of pyridine rings is 1. The van der Waals surface area contributed by atoms with Crippen molar-refractivity contribution in [3.05, 3.63) is 83.9 Å². The molecule has 1 aromatic carbocycles. The number of nitrogens with one attached hydrogen (secondary N) is 1. The Kier molecular flexibility index (Phi) is 5.11. The van der Waals surface area contributed by atoms with E-state index in [0.29, 0.717) is 11.5 Å². The van der Waals surface area contributed by atoms with E-state index in [9.17, 15) is 0 Å². The van der Waals surface area contributed by atoms with Gasteiger partial charge in [-0.25, -0.2) is 4.52 Å². The van der Waals surface area contributed by atoms with Crippen LogP contribution >= 0.6 is 0 Å². The fraction of sp³-hybridized carbons (Fsp3) is 0.208. The first-order chi connectivity index (χ1) is 14.5. The van der Waals surface area contributed by atoms with Crippen LogP contribution in [0.5, 0.6) is 0 Å². The van der Waals surface area contributed by atoms with Gasteiger partial charge in [0.1, 0.15) is 11.8 Å². The lowest BCUT2D eigenvalue weighted by Crippen LogP contribution is -2.03. The lowest BCUT2D eigenvalue weighted by molar-refractivity contribution is 0.212. The van der Waals surface area contributed by atoms with Crippen molar-refractivity contribution < 1.29 is 4.84 Å². The number of fused-ring (bicyclic) bond motifs is 1. The highest BCUT2D eigenvalue weighted by Crippen LogP contribution is 2.36. The highest BCUT2D eigenvalue weighted by atomic mass is 16.6. The van der Waals surface area contributed by atoms with Crippen LogP contribution in [0.1, 0.15) is 42.0 Å². The monoisotopic (exact) mass is 397 g/mol. The van der Waals surface area contributed by atoms with E-state index in [1.54, 1.807) is 23.0 Å². The fourth-order valence-corrected chi connectivity index (χ4v) is 3.15. The smallest absolute Gasteiger partial charge is 0.131 e. The number of hydrogen-bond donors (Lipinski definition) is 1. The number of aryl methyl sites for hydroxylation is 1. The van der Waals surface area contributed by atoms with Crippen LogP contribution in [0.3, 0.4) is 0 Å². The lowest BCUT2D eigenvalue weighted by Gasteiger charge is -2.13. The number of allylic oxidation sites excluding steroid dienone is 1. The minimum absolute atomic E-state index is 0.454. The van der Waals surface area contributed by atoms with Gasteiger partial charge in [0.2, 0.25) is 0 Å². The molecular formula is C24H23N5O. The van der Waals surface area contributed by atoms with Gasteiger partial charge in [0.25, 0.3) is 0 Å². The maximum atomic E-state index is 9.06. The van der Waals surface area contributed by atoms with Gasteiger partial charge in [-0.15, -0.1) is 0 Å². The third-order valence-corrected chi connectivity index (χ3v) is 5.24. The van der Waals surface area contributed by atoms with Crippen molar-refractivity contribution in [3.8, 4) is 6.07 Å². The first kappa shape index (κ1) is 19.5. The van der Waals surface area contributed by atoms with Crippen LogP contribution in [0, 0.1) is 24.2 Å². The Hall–Kier alpha value is -3.85. The molecule has 3 aromatic rings. The molecule has 0 radical (unpaired) electrons. The molecule has 1 N–H and O–H groups in total. The topological polar surface area (TPSA) is 74.7 Å². The predicted molar refractivity (Wildman–Crippen MR) is 119 cm³/mol. The minimum atomic E-state index is 0.454. The molecule has 0 aliphatic heterocycles. The third-order valence-electron chi connectivity index (χ3n) is 5.24. The van der Waals surface area contributed by atoms with Crippen LogP contribution in [-0.4, -0.2) is 15.3 Å². The second kappa shape index (κ2) is 7.88. The summed E-state index contributed by atoms with van der Waals surface area (Å²) in [4.78, 5) is 5.48. The number of nitrogens with zero attached hydrogens (tertiary/aromatic N) is 4. The summed E-state index contributed by atoms with van der Waals surface area (Å²) in [6.07, 6.45) is 5.72. The summed E-state index contributed by atoms with van der Waals surface area (Å²) >= 11 is 0. The number of rotatable bonds is 7. The summed E-state index contributed by atoms with van der Waals surface area (Å²) in [5, 5.41) is 21.0. The summed E-state index contributed by atoms with van der Waals surface area (Å²) in [6, 6.07) is 11.9. The van der Waals surface area contributed by atoms with E-state index in [4.69, 9.17) is 10.1 Å². The molecule has 0 spiro atoms. The number of hydrogen-bond acceptors (Lipinski definition) is 5. The van der Waals surface area contributed by atoms with Gasteiger partial charge in [0, 0.05) is 34.6 Å². The molecule has 0 bridgehead atoms. The van der Waals surface area contributed by atoms with Crippen molar-refractivity contribution in [2.24, 2.45) is 11.1 Å². The zero-order valence-electron chi connectivity index (χ0n) is 17.1. The number of anilines is 1. The molecule has 2 aromatic heterocycles. The summed E-state index contributed by atoms with van der Waals surface area (Å²) in [7, 11) is 0. The molecule has 0 atom stereocenters. The maximum Gasteiger partial charge on any atom is 0.131 e. The minimum Gasteiger partial charge on any atom is -0.362 e. The average molecular weight is 397 g/mol. The molecule has 6 heteroatoms. The van der Waals surface area contributed by atoms with Crippen LogP contribution in [0.4, 0.5) is 5.69 Å². The molecule has 1 aliphatic rings. The Bertz CT molecular complexity index is 1220. The summed E-state index contributed by atoms with van der Waals surface area (Å²) in [6.45, 7) is 12.1. The van der Waals surface area contributed by atoms with Crippen molar-refractivity contribution in [1.82, 2.24) is 9.61 Å². The Morgan fingerprint density at radius 1 is 1.30 bits per heavy atom. The Balaban J connectivity index is 1.55. The molecule has 1 saturated carbocycles. The number of nitriles is 1. The largest absolute Gasteiger partial charge is 0.362 e. The molecule has 0 unspecified atom stereocenters. The van der Waals surface area contributed by atoms with E-state index < -0.39 is 0 Å². The van der Waals surface area contributed by atoms with Gasteiger partial charge in [0.15, 0.2) is 0 Å². The maximum absolute atomic E-state index is 9.06. The molecule has 6 nitrogen and oxygen atoms in total. The number of aromatic nitrogens is 2. The van der Waals surface area contributed by atoms with E-state index in [2.05, 4.69) is 34.8 Å². The Labute approximate surface area is 175 Å². The molecule has 1 fully saturated rings. The molecule has 0 saturated heterocycles. The Morgan fingerprint density at radius 2 is 2.10 bits per heavy atom. The highest BCUT2D eigenvalue weighted by molar-refractivity contribution is 5.99. The van der Waals surface area contributed by atoms with E-state index in [0.717, 1.165) is 57.9 Å². The third kappa shape index (κ3) is 3.96. The van der Waals surface area contributed by atoms with Crippen molar-refractivity contribution >= 4 is 22.6 Å². The molecule has 1 aliphatic carbocycles. The van der Waals surface area contributed by atoms with Gasteiger partial charge >= 0.3 is 0 Å². The SMILES string of the molecule is C=C(Nc1cc(/C(C)=N/OC(=C)C2CC2)ccc1C)c1cnn2cc(C#N)ccc12. The van der Waals surface area contributed by atoms with Crippen molar-refractivity contribution in [3.63, 3.8) is 0 Å². The first-order valence-corrected chi connectivity index (χ1v) is 9.81. The average Bonchev–Trinajstić information content (AvgIpc) is 3.52. The number of benzene rings is 1. The van der Waals surface area contributed by atoms with Gasteiger partial charge in [0.05, 0.1) is 23.0 Å². The second-order valence-corrected chi connectivity index (χ2v) is 7.56. The molecule has 150 valence electrons. The Morgan fingerprint density at radius 3 is 2.83 bits per heavy atom. The van der Waals surface area contributed by atoms with Crippen LogP contribution in [-0.2, 0) is 4.84 Å². The lowest BCUT2D eigenvalue weighted by atomic mass is 10.1. The molecule has 30 heavy (non-hydrogen) atoms. The quantitative estimate of drug-likeness (QED) is 0.335. The predicted octanol–water partition coefficient (Wildman–Crippen LogP) is 5.26. The van der Waals surface area contributed by atoms with E-state index in [-0.39, 0.29) is 0 Å². The fourth-order valence-electron chi connectivity index (χ4n) is 3.15. The van der Waals surface area contributed by atoms with Gasteiger partial charge < -0.3 is 10.2 Å². The van der Waals surface area contributed by atoms with Crippen LogP contribution in [0.25, 0.3) is 11.2 Å². The standard InChI is InChI=1S/C24H23N5O/c1-15-5-7-21(16(2)28-30-18(4)20-8-9-20)11-23(15)27-17(3)22-13-26-29-14-19(12-25)6-10-24(22)29/h5-7,10-11,13-14,20,27H,3-4,8-9H2,1-2H3/b28-16+. The van der Waals surface area contributed by atoms with Crippen LogP contribution in [0.15, 0.2) is 66.8 Å². The van der Waals surface area contributed by atoms with E-state index in [1.807, 2.05) is 38.1 Å². The first-order valence-electron chi connectivity index (χ1n) is 9.81. The van der Waals surface area contributed by atoms with E-state index >= 15 is 0 Å². The van der Waals surface area contributed by atoms with Crippen molar-refractivity contribution in [1.29, 1.82) is 5.26 Å². The van der Waals surface area contributed by atoms with Gasteiger partial charge in [-0.2, -0.15) is 10.4 Å². The molecule has 0 amide bonds. The van der Waals surface area contributed by atoms with Crippen molar-refractivity contribution in [2.45, 2.75) is 26.7 Å². The van der Waals surface area contributed by atoms with Gasteiger partial charge in [-0.1, -0.05) is 30.4 Å². The van der Waals surface area contributed by atoms with Crippen LogP contribution in [0.2, 0.25) is 0 Å². The number of oxime groups is 1. The molecular weight excluding hydrogens is 374 g/mol.